The Kier molecular flexibility index (Phi) is 2.35. The highest BCUT2D eigenvalue weighted by Gasteiger charge is 2.43. The van der Waals surface area contributed by atoms with Gasteiger partial charge in [0.2, 0.25) is 0 Å². The quantitative estimate of drug-likeness (QED) is 0.607. The van der Waals surface area contributed by atoms with E-state index in [0.717, 1.165) is 4.31 Å². The van der Waals surface area contributed by atoms with E-state index in [-0.39, 0.29) is 13.1 Å². The smallest absolute Gasteiger partial charge is 0.310 e. The third-order valence-electron chi connectivity index (χ3n) is 2.31. The normalized spacial score (nSPS) is 30.6. The van der Waals surface area contributed by atoms with Crippen LogP contribution in [-0.2, 0) is 15.0 Å². The van der Waals surface area contributed by atoms with Crippen LogP contribution in [0.25, 0.3) is 0 Å². The van der Waals surface area contributed by atoms with Crippen LogP contribution in [0.15, 0.2) is 0 Å². The zero-order chi connectivity index (χ0) is 10.3. The van der Waals surface area contributed by atoms with E-state index in [1.165, 1.54) is 6.92 Å². The first kappa shape index (κ1) is 10.4. The van der Waals surface area contributed by atoms with Crippen LogP contribution in [0.5, 0.6) is 0 Å². The molecule has 76 valence electrons. The highest BCUT2D eigenvalue weighted by atomic mass is 32.2. The van der Waals surface area contributed by atoms with E-state index < -0.39 is 21.6 Å². The van der Waals surface area contributed by atoms with Crippen LogP contribution in [0, 0.1) is 5.41 Å². The number of hydrogen-bond donors (Lipinski definition) is 2. The summed E-state index contributed by atoms with van der Waals surface area (Å²) in [6.07, 6.45) is 0.304. The summed E-state index contributed by atoms with van der Waals surface area (Å²) in [6.45, 7) is 1.66. The summed E-state index contributed by atoms with van der Waals surface area (Å²) in [5.41, 5.74) is -0.994. The molecule has 0 aromatic rings. The Morgan fingerprint density at radius 3 is 2.38 bits per heavy atom. The Hall–Kier alpha value is -0.660. The molecular formula is C6H12N2O4S. The number of hydrogen-bond acceptors (Lipinski definition) is 3. The van der Waals surface area contributed by atoms with Crippen LogP contribution >= 0.6 is 0 Å². The number of carboxylic acids is 1. The van der Waals surface area contributed by atoms with Crippen molar-refractivity contribution in [2.24, 2.45) is 10.6 Å². The summed E-state index contributed by atoms with van der Waals surface area (Å²) < 4.78 is 22.7. The predicted octanol–water partition coefficient (Wildman–Crippen LogP) is -1.01. The number of rotatable bonds is 2. The summed E-state index contributed by atoms with van der Waals surface area (Å²) >= 11 is 0. The van der Waals surface area contributed by atoms with Crippen molar-refractivity contribution in [2.45, 2.75) is 13.3 Å². The molecule has 1 rings (SSSR count). The van der Waals surface area contributed by atoms with Crippen molar-refractivity contribution in [1.82, 2.24) is 4.31 Å². The predicted molar refractivity (Wildman–Crippen MR) is 45.0 cm³/mol. The molecule has 7 heteroatoms. The largest absolute Gasteiger partial charge is 0.481 e. The second kappa shape index (κ2) is 2.93. The van der Waals surface area contributed by atoms with Crippen LogP contribution in [0.4, 0.5) is 0 Å². The molecule has 0 saturated carbocycles. The minimum Gasteiger partial charge on any atom is -0.481 e. The van der Waals surface area contributed by atoms with Crippen LogP contribution in [-0.4, -0.2) is 36.9 Å². The first-order valence-electron chi connectivity index (χ1n) is 3.77. The maximum Gasteiger partial charge on any atom is 0.310 e. The van der Waals surface area contributed by atoms with Gasteiger partial charge in [0.1, 0.15) is 0 Å². The molecule has 1 aliphatic rings. The molecule has 1 fully saturated rings. The maximum atomic E-state index is 10.9. The van der Waals surface area contributed by atoms with E-state index in [0.29, 0.717) is 6.42 Å². The molecule has 1 aliphatic heterocycles. The molecule has 0 aromatic heterocycles. The fourth-order valence-electron chi connectivity index (χ4n) is 1.31. The van der Waals surface area contributed by atoms with Gasteiger partial charge < -0.3 is 5.11 Å². The molecule has 0 spiro atoms. The molecule has 6 nitrogen and oxygen atoms in total. The zero-order valence-electron chi connectivity index (χ0n) is 7.23. The second-order valence-electron chi connectivity index (χ2n) is 3.49. The number of nitrogens with zero attached hydrogens (tertiary/aromatic N) is 1. The topological polar surface area (TPSA) is 101 Å². The van der Waals surface area contributed by atoms with Gasteiger partial charge in [-0.15, -0.1) is 0 Å². The molecule has 1 saturated heterocycles. The minimum absolute atomic E-state index is 0.0405. The molecule has 0 radical (unpaired) electrons. The number of carboxylic acid groups (broad SMARTS) is 1. The number of nitrogens with two attached hydrogens (primary N) is 1. The molecule has 3 N–H and O–H groups in total. The average molecular weight is 208 g/mol. The zero-order valence-corrected chi connectivity index (χ0v) is 8.04. The highest BCUT2D eigenvalue weighted by Crippen LogP contribution is 2.30. The minimum atomic E-state index is -3.74. The maximum absolute atomic E-state index is 10.9. The van der Waals surface area contributed by atoms with Gasteiger partial charge in [-0.05, 0) is 13.3 Å². The lowest BCUT2D eigenvalue weighted by Gasteiger charge is -2.17. The summed E-state index contributed by atoms with van der Waals surface area (Å²) in [5.74, 6) is -0.987. The molecule has 0 aliphatic carbocycles. The third kappa shape index (κ3) is 1.98. The van der Waals surface area contributed by atoms with Crippen LogP contribution in [0.3, 0.4) is 0 Å². The molecule has 1 heterocycles. The van der Waals surface area contributed by atoms with Gasteiger partial charge in [0, 0.05) is 13.1 Å². The van der Waals surface area contributed by atoms with E-state index in [4.69, 9.17) is 10.2 Å². The second-order valence-corrected chi connectivity index (χ2v) is 5.04. The molecule has 0 amide bonds. The van der Waals surface area contributed by atoms with Gasteiger partial charge in [-0.25, -0.2) is 5.14 Å². The van der Waals surface area contributed by atoms with Crippen molar-refractivity contribution in [3.63, 3.8) is 0 Å². The van der Waals surface area contributed by atoms with Crippen molar-refractivity contribution < 1.29 is 18.3 Å². The Bertz CT molecular complexity index is 326. The molecule has 0 bridgehead atoms. The summed E-state index contributed by atoms with van der Waals surface area (Å²) in [5, 5.41) is 13.7. The number of carbonyl (C=O) groups is 1. The van der Waals surface area contributed by atoms with E-state index >= 15 is 0 Å². The fourth-order valence-corrected chi connectivity index (χ4v) is 2.12. The Balaban J connectivity index is 2.81. The lowest BCUT2D eigenvalue weighted by Crippen LogP contribution is -2.38. The standard InChI is InChI=1S/C6H12N2O4S/c1-6(5(9)10)2-3-8(4-6)13(7,11)12/h2-4H2,1H3,(H,9,10)(H2,7,11,12). The van der Waals surface area contributed by atoms with Gasteiger partial charge in [-0.3, -0.25) is 4.79 Å². The van der Waals surface area contributed by atoms with E-state index in [9.17, 15) is 13.2 Å². The molecule has 13 heavy (non-hydrogen) atoms. The third-order valence-corrected chi connectivity index (χ3v) is 3.35. The van der Waals surface area contributed by atoms with Crippen molar-refractivity contribution in [1.29, 1.82) is 0 Å². The van der Waals surface area contributed by atoms with Gasteiger partial charge in [-0.1, -0.05) is 0 Å². The first-order valence-corrected chi connectivity index (χ1v) is 5.27. The molecule has 1 atom stereocenters. The Labute approximate surface area is 76.5 Å². The SMILES string of the molecule is CC1(C(=O)O)CCN(S(N)(=O)=O)C1. The van der Waals surface area contributed by atoms with Gasteiger partial charge in [0.05, 0.1) is 5.41 Å². The summed E-state index contributed by atoms with van der Waals surface area (Å²) in [4.78, 5) is 10.7. The lowest BCUT2D eigenvalue weighted by atomic mass is 9.90. The molecule has 0 aromatic carbocycles. The van der Waals surface area contributed by atoms with Crippen molar-refractivity contribution >= 4 is 16.2 Å². The van der Waals surface area contributed by atoms with E-state index in [2.05, 4.69) is 0 Å². The Morgan fingerprint density at radius 1 is 1.62 bits per heavy atom. The summed E-state index contributed by atoms with van der Waals surface area (Å²) in [7, 11) is -3.74. The van der Waals surface area contributed by atoms with E-state index in [1.54, 1.807) is 0 Å². The van der Waals surface area contributed by atoms with Crippen molar-refractivity contribution in [2.75, 3.05) is 13.1 Å². The fraction of sp³-hybridized carbons (Fsp3) is 0.833. The first-order chi connectivity index (χ1) is 5.76. The van der Waals surface area contributed by atoms with Gasteiger partial charge in [0.25, 0.3) is 10.2 Å². The average Bonchev–Trinajstić information content (AvgIpc) is 2.31. The van der Waals surface area contributed by atoms with Crippen LogP contribution in [0.1, 0.15) is 13.3 Å². The molecule has 1 unspecified atom stereocenters. The monoisotopic (exact) mass is 208 g/mol. The van der Waals surface area contributed by atoms with Crippen molar-refractivity contribution in [3.8, 4) is 0 Å². The lowest BCUT2D eigenvalue weighted by molar-refractivity contribution is -0.146. The highest BCUT2D eigenvalue weighted by molar-refractivity contribution is 7.86. The summed E-state index contributed by atoms with van der Waals surface area (Å²) in [6, 6.07) is 0. The van der Waals surface area contributed by atoms with Gasteiger partial charge >= 0.3 is 5.97 Å². The van der Waals surface area contributed by atoms with Gasteiger partial charge in [-0.2, -0.15) is 12.7 Å². The van der Waals surface area contributed by atoms with Crippen LogP contribution < -0.4 is 5.14 Å². The van der Waals surface area contributed by atoms with Crippen molar-refractivity contribution in [3.05, 3.63) is 0 Å². The molecular weight excluding hydrogens is 196 g/mol. The van der Waals surface area contributed by atoms with E-state index in [1.807, 2.05) is 0 Å². The van der Waals surface area contributed by atoms with Crippen LogP contribution in [0.2, 0.25) is 0 Å². The van der Waals surface area contributed by atoms with Gasteiger partial charge in [0.15, 0.2) is 0 Å². The number of aliphatic carboxylic acids is 1. The Morgan fingerprint density at radius 2 is 2.15 bits per heavy atom.